The average molecular weight is 486 g/mol. The highest BCUT2D eigenvalue weighted by molar-refractivity contribution is 5.79. The van der Waals surface area contributed by atoms with Gasteiger partial charge in [-0.1, -0.05) is 29.4 Å². The lowest BCUT2D eigenvalue weighted by Crippen LogP contribution is -2.46. The number of benzene rings is 2. The maximum absolute atomic E-state index is 13.0. The molecule has 0 aliphatic carbocycles. The second kappa shape index (κ2) is 9.16. The molecule has 1 saturated heterocycles. The second-order valence-corrected chi connectivity index (χ2v) is 7.93. The van der Waals surface area contributed by atoms with Gasteiger partial charge in [-0.2, -0.15) is 13.2 Å². The number of para-hydroxylation sites is 1. The number of aromatic nitrogens is 3. The van der Waals surface area contributed by atoms with Gasteiger partial charge in [0.15, 0.2) is 6.23 Å². The minimum Gasteiger partial charge on any atom is -0.416 e. The number of rotatable bonds is 5. The Hall–Kier alpha value is -3.70. The van der Waals surface area contributed by atoms with Crippen LogP contribution < -0.4 is 4.90 Å². The van der Waals surface area contributed by atoms with E-state index in [1.54, 1.807) is 14.0 Å². The molecule has 1 fully saturated rings. The Morgan fingerprint density at radius 2 is 1.77 bits per heavy atom. The molecule has 1 aliphatic rings. The average Bonchev–Trinajstić information content (AvgIpc) is 3.50. The Kier molecular flexibility index (Phi) is 6.03. The van der Waals surface area contributed by atoms with Crippen molar-refractivity contribution in [3.8, 4) is 34.2 Å². The third kappa shape index (κ3) is 4.40. The molecule has 11 heteroatoms. The molecular formula is C24H21F3N4O4. The smallest absolute Gasteiger partial charge is 0.416 e. The van der Waals surface area contributed by atoms with E-state index >= 15 is 0 Å². The molecule has 0 radical (unpaired) electrons. The summed E-state index contributed by atoms with van der Waals surface area (Å²) in [7, 11) is 1.62. The van der Waals surface area contributed by atoms with Crippen LogP contribution in [0.25, 0.3) is 34.2 Å². The lowest BCUT2D eigenvalue weighted by molar-refractivity contribution is -0.137. The van der Waals surface area contributed by atoms with Crippen molar-refractivity contribution in [3.63, 3.8) is 0 Å². The van der Waals surface area contributed by atoms with E-state index in [0.717, 1.165) is 17.8 Å². The molecule has 2 aromatic carbocycles. The molecule has 1 unspecified atom stereocenters. The number of ether oxygens (including phenoxy) is 2. The van der Waals surface area contributed by atoms with Gasteiger partial charge in [0.05, 0.1) is 30.0 Å². The first-order valence-electron chi connectivity index (χ1n) is 10.8. The Labute approximate surface area is 198 Å². The van der Waals surface area contributed by atoms with E-state index in [4.69, 9.17) is 18.4 Å². The molecule has 8 nitrogen and oxygen atoms in total. The first kappa shape index (κ1) is 23.1. The Morgan fingerprint density at radius 3 is 2.51 bits per heavy atom. The number of nitrogens with zero attached hydrogens (tertiary/aromatic N) is 4. The fraction of sp³-hybridized carbons (Fsp3) is 0.292. The van der Waals surface area contributed by atoms with Crippen molar-refractivity contribution in [2.24, 2.45) is 0 Å². The van der Waals surface area contributed by atoms with Crippen LogP contribution in [0.1, 0.15) is 11.3 Å². The number of hydrogen-bond acceptors (Lipinski definition) is 8. The number of methoxy groups -OCH3 is 1. The summed E-state index contributed by atoms with van der Waals surface area (Å²) in [6.45, 7) is 3.28. The maximum atomic E-state index is 13.0. The zero-order valence-corrected chi connectivity index (χ0v) is 18.9. The Morgan fingerprint density at radius 1 is 1.03 bits per heavy atom. The predicted molar refractivity (Wildman–Crippen MR) is 119 cm³/mol. The van der Waals surface area contributed by atoms with Gasteiger partial charge in [0.2, 0.25) is 5.89 Å². The molecule has 1 atom stereocenters. The van der Waals surface area contributed by atoms with Gasteiger partial charge in [0, 0.05) is 19.2 Å². The maximum Gasteiger partial charge on any atom is 0.416 e. The number of halogens is 3. The first-order chi connectivity index (χ1) is 16.9. The van der Waals surface area contributed by atoms with Crippen LogP contribution in [-0.4, -0.2) is 48.5 Å². The van der Waals surface area contributed by atoms with Crippen molar-refractivity contribution >= 4 is 5.69 Å². The molecule has 35 heavy (non-hydrogen) atoms. The molecule has 0 N–H and O–H groups in total. The van der Waals surface area contributed by atoms with E-state index < -0.39 is 11.7 Å². The van der Waals surface area contributed by atoms with E-state index in [-0.39, 0.29) is 18.0 Å². The molecule has 1 aliphatic heterocycles. The van der Waals surface area contributed by atoms with Gasteiger partial charge in [0.1, 0.15) is 17.0 Å². The summed E-state index contributed by atoms with van der Waals surface area (Å²) in [5, 5.41) is 12.5. The van der Waals surface area contributed by atoms with Gasteiger partial charge in [-0.05, 0) is 31.2 Å². The number of anilines is 1. The van der Waals surface area contributed by atoms with Crippen LogP contribution in [0, 0.1) is 6.92 Å². The third-order valence-electron chi connectivity index (χ3n) is 5.79. The van der Waals surface area contributed by atoms with Crippen molar-refractivity contribution in [1.29, 1.82) is 0 Å². The van der Waals surface area contributed by atoms with E-state index in [2.05, 4.69) is 20.3 Å². The second-order valence-electron chi connectivity index (χ2n) is 7.93. The van der Waals surface area contributed by atoms with Crippen molar-refractivity contribution in [2.75, 3.05) is 31.8 Å². The zero-order valence-electron chi connectivity index (χ0n) is 18.9. The summed E-state index contributed by atoms with van der Waals surface area (Å²) in [4.78, 5) is 2.07. The molecule has 5 rings (SSSR count). The number of morpholine rings is 1. The molecule has 2 aromatic heterocycles. The summed E-state index contributed by atoms with van der Waals surface area (Å²) in [5.41, 5.74) is 1.97. The van der Waals surface area contributed by atoms with Crippen molar-refractivity contribution in [2.45, 2.75) is 19.3 Å². The van der Waals surface area contributed by atoms with Crippen LogP contribution >= 0.6 is 0 Å². The normalized spacial score (nSPS) is 16.6. The van der Waals surface area contributed by atoms with Crippen LogP contribution in [0.15, 0.2) is 57.5 Å². The standard InChI is InChI=1S/C24H21F3N4O4/c1-14-20(21(30-35-14)15-7-9-16(10-8-15)24(25,26)27)23-29-28-22(34-23)17-5-3-4-6-18(17)31-11-12-33-13-19(31)32-2/h3-10,19H,11-13H2,1-2H3. The predicted octanol–water partition coefficient (Wildman–Crippen LogP) is 5.19. The number of hydrogen-bond donors (Lipinski definition) is 0. The van der Waals surface area contributed by atoms with E-state index in [1.807, 2.05) is 24.3 Å². The fourth-order valence-corrected chi connectivity index (χ4v) is 4.03. The summed E-state index contributed by atoms with van der Waals surface area (Å²) in [6, 6.07) is 12.2. The minimum absolute atomic E-state index is 0.147. The lowest BCUT2D eigenvalue weighted by Gasteiger charge is -2.36. The first-order valence-corrected chi connectivity index (χ1v) is 10.8. The van der Waals surface area contributed by atoms with Crippen LogP contribution in [0.2, 0.25) is 0 Å². The fourth-order valence-electron chi connectivity index (χ4n) is 4.03. The highest BCUT2D eigenvalue weighted by Gasteiger charge is 2.31. The van der Waals surface area contributed by atoms with Crippen LogP contribution in [-0.2, 0) is 15.7 Å². The van der Waals surface area contributed by atoms with Crippen molar-refractivity contribution in [1.82, 2.24) is 15.4 Å². The van der Waals surface area contributed by atoms with E-state index in [1.165, 1.54) is 12.1 Å². The topological polar surface area (TPSA) is 86.7 Å². The third-order valence-corrected chi connectivity index (χ3v) is 5.79. The van der Waals surface area contributed by atoms with Gasteiger partial charge in [-0.15, -0.1) is 10.2 Å². The van der Waals surface area contributed by atoms with E-state index in [0.29, 0.717) is 47.9 Å². The van der Waals surface area contributed by atoms with Crippen LogP contribution in [0.5, 0.6) is 0 Å². The lowest BCUT2D eigenvalue weighted by atomic mass is 10.0. The SMILES string of the molecule is COC1COCCN1c1ccccc1-c1nnc(-c2c(-c3ccc(C(F)(F)F)cc3)noc2C)o1. The molecule has 0 bridgehead atoms. The van der Waals surface area contributed by atoms with Gasteiger partial charge in [0.25, 0.3) is 5.89 Å². The molecular weight excluding hydrogens is 465 g/mol. The summed E-state index contributed by atoms with van der Waals surface area (Å²) < 4.78 is 61.3. The van der Waals surface area contributed by atoms with Gasteiger partial charge in [-0.25, -0.2) is 0 Å². The largest absolute Gasteiger partial charge is 0.416 e. The number of aryl methyl sites for hydroxylation is 1. The molecule has 0 saturated carbocycles. The van der Waals surface area contributed by atoms with Crippen molar-refractivity contribution < 1.29 is 31.6 Å². The molecule has 182 valence electrons. The minimum atomic E-state index is -4.43. The van der Waals surface area contributed by atoms with Crippen molar-refractivity contribution in [3.05, 3.63) is 59.9 Å². The Balaban J connectivity index is 1.51. The Bertz CT molecular complexity index is 1320. The quantitative estimate of drug-likeness (QED) is 0.381. The van der Waals surface area contributed by atoms with Crippen LogP contribution in [0.3, 0.4) is 0 Å². The monoisotopic (exact) mass is 486 g/mol. The van der Waals surface area contributed by atoms with Crippen LogP contribution in [0.4, 0.5) is 18.9 Å². The highest BCUT2D eigenvalue weighted by Crippen LogP contribution is 2.38. The number of alkyl halides is 3. The summed E-state index contributed by atoms with van der Waals surface area (Å²) >= 11 is 0. The zero-order chi connectivity index (χ0) is 24.6. The molecule has 4 aromatic rings. The molecule has 0 spiro atoms. The summed E-state index contributed by atoms with van der Waals surface area (Å²) in [6.07, 6.45) is -4.70. The summed E-state index contributed by atoms with van der Waals surface area (Å²) in [5.74, 6) is 0.820. The van der Waals surface area contributed by atoms with Gasteiger partial charge < -0.3 is 23.3 Å². The van der Waals surface area contributed by atoms with E-state index in [9.17, 15) is 13.2 Å². The highest BCUT2D eigenvalue weighted by atomic mass is 19.4. The van der Waals surface area contributed by atoms with Gasteiger partial charge >= 0.3 is 6.18 Å². The molecule has 0 amide bonds. The van der Waals surface area contributed by atoms with Gasteiger partial charge in [-0.3, -0.25) is 0 Å². The molecule has 3 heterocycles.